The number of hydrogen-bond donors (Lipinski definition) is 0. The molecule has 0 fully saturated rings. The van der Waals surface area contributed by atoms with E-state index in [1.165, 1.54) is 55.5 Å². The van der Waals surface area contributed by atoms with Gasteiger partial charge in [0.2, 0.25) is 0 Å². The highest BCUT2D eigenvalue weighted by Crippen LogP contribution is 2.42. The number of fused-ring (bicyclic) bond motifs is 3. The lowest BCUT2D eigenvalue weighted by Crippen LogP contribution is -2.27. The van der Waals surface area contributed by atoms with E-state index in [1.807, 2.05) is 6.20 Å². The molecule has 0 radical (unpaired) electrons. The van der Waals surface area contributed by atoms with Crippen LogP contribution >= 0.6 is 0 Å². The molecule has 0 N–H and O–H groups in total. The molecule has 8 rings (SSSR count). The number of rotatable bonds is 6. The van der Waals surface area contributed by atoms with E-state index < -0.39 is 0 Å². The maximum absolute atomic E-state index is 6.91. The molecule has 272 valence electrons. The van der Waals surface area contributed by atoms with E-state index in [-0.39, 0.29) is 10.8 Å². The van der Waals surface area contributed by atoms with Gasteiger partial charge in [-0.3, -0.25) is 4.57 Å². The molecule has 5 nitrogen and oxygen atoms in total. The molecule has 5 aromatic carbocycles. The molecule has 2 aromatic heterocycles. The molecule has 0 bridgehead atoms. The third kappa shape index (κ3) is 6.53. The summed E-state index contributed by atoms with van der Waals surface area (Å²) in [5, 5.41) is 2.36. The Bertz CT molecular complexity index is 2560. The minimum Gasteiger partial charge on any atom is -0.457 e. The Kier molecular flexibility index (Phi) is 8.64. The predicted molar refractivity (Wildman–Crippen MR) is 227 cm³/mol. The number of nitrogens with zero attached hydrogens (tertiary/aromatic N) is 4. The van der Waals surface area contributed by atoms with Crippen molar-refractivity contribution in [1.29, 1.82) is 0 Å². The second kappa shape index (κ2) is 13.2. The number of pyridine rings is 1. The van der Waals surface area contributed by atoms with Crippen LogP contribution in [0.5, 0.6) is 11.5 Å². The fraction of sp³-hybridized carbons (Fsp3) is 0.245. The lowest BCUT2D eigenvalue weighted by molar-refractivity contribution is 0.479. The molecule has 1 aliphatic rings. The summed E-state index contributed by atoms with van der Waals surface area (Å²) >= 11 is 0. The molecule has 7 aromatic rings. The highest BCUT2D eigenvalue weighted by molar-refractivity contribution is 6.09. The standard InChI is InChI=1S/C49H50N4O/c1-32-14-12-17-37(24-32)51-30-45(47-33(2)15-13-16-34(47)3)52(31-51)38-25-36(49(7,8)9)26-40(28-38)54-39-20-21-42-41-18-10-11-19-43(41)53(44(42)29-39)46-27-35(22-23-50-46)48(4,5)6/h10-30H,31H2,1-9H3. The van der Waals surface area contributed by atoms with Crippen molar-refractivity contribution in [3.05, 3.63) is 161 Å². The average molecular weight is 711 g/mol. The largest absolute Gasteiger partial charge is 0.457 e. The van der Waals surface area contributed by atoms with Gasteiger partial charge in [0.15, 0.2) is 0 Å². The predicted octanol–water partition coefficient (Wildman–Crippen LogP) is 12.8. The topological polar surface area (TPSA) is 33.5 Å². The maximum Gasteiger partial charge on any atom is 0.137 e. The molecule has 3 heterocycles. The molecule has 0 saturated heterocycles. The molecule has 0 saturated carbocycles. The van der Waals surface area contributed by atoms with Crippen LogP contribution in [0.3, 0.4) is 0 Å². The van der Waals surface area contributed by atoms with Gasteiger partial charge in [-0.05, 0) is 114 Å². The number of ether oxygens (including phenoxy) is 1. The molecule has 0 amide bonds. The first kappa shape index (κ1) is 35.2. The smallest absolute Gasteiger partial charge is 0.137 e. The van der Waals surface area contributed by atoms with Gasteiger partial charge in [-0.1, -0.05) is 90.1 Å². The van der Waals surface area contributed by atoms with Gasteiger partial charge in [0, 0.05) is 52.2 Å². The highest BCUT2D eigenvalue weighted by atomic mass is 16.5. The van der Waals surface area contributed by atoms with Crippen LogP contribution in [0.4, 0.5) is 11.4 Å². The Morgan fingerprint density at radius 3 is 2.06 bits per heavy atom. The van der Waals surface area contributed by atoms with Crippen molar-refractivity contribution < 1.29 is 4.74 Å². The van der Waals surface area contributed by atoms with Crippen molar-refractivity contribution in [2.45, 2.75) is 73.1 Å². The van der Waals surface area contributed by atoms with Crippen LogP contribution in [0.2, 0.25) is 0 Å². The Morgan fingerprint density at radius 2 is 1.31 bits per heavy atom. The molecular formula is C49H50N4O. The zero-order valence-corrected chi connectivity index (χ0v) is 33.0. The fourth-order valence-electron chi connectivity index (χ4n) is 7.72. The normalized spacial score (nSPS) is 13.6. The number of benzene rings is 5. The van der Waals surface area contributed by atoms with Gasteiger partial charge in [0.1, 0.15) is 17.3 Å². The maximum atomic E-state index is 6.91. The summed E-state index contributed by atoms with van der Waals surface area (Å²) in [6, 6.07) is 41.4. The van der Waals surface area contributed by atoms with Crippen LogP contribution in [0.1, 0.15) is 74.9 Å². The summed E-state index contributed by atoms with van der Waals surface area (Å²) in [5.41, 5.74) is 13.0. The van der Waals surface area contributed by atoms with Crippen molar-refractivity contribution in [3.63, 3.8) is 0 Å². The molecule has 0 unspecified atom stereocenters. The Balaban J connectivity index is 1.25. The summed E-state index contributed by atoms with van der Waals surface area (Å²) in [6.45, 7) is 20.8. The van der Waals surface area contributed by atoms with Gasteiger partial charge in [0.05, 0.1) is 23.4 Å². The van der Waals surface area contributed by atoms with Gasteiger partial charge in [0.25, 0.3) is 0 Å². The molecule has 0 spiro atoms. The zero-order chi connectivity index (χ0) is 37.9. The summed E-state index contributed by atoms with van der Waals surface area (Å²) in [6.07, 6.45) is 4.24. The first-order valence-electron chi connectivity index (χ1n) is 19.0. The monoisotopic (exact) mass is 710 g/mol. The van der Waals surface area contributed by atoms with Crippen molar-refractivity contribution in [3.8, 4) is 17.3 Å². The van der Waals surface area contributed by atoms with Gasteiger partial charge in [-0.2, -0.15) is 0 Å². The van der Waals surface area contributed by atoms with Crippen molar-refractivity contribution in [2.75, 3.05) is 16.5 Å². The van der Waals surface area contributed by atoms with Gasteiger partial charge >= 0.3 is 0 Å². The van der Waals surface area contributed by atoms with Crippen LogP contribution in [0.25, 0.3) is 33.3 Å². The van der Waals surface area contributed by atoms with Crippen molar-refractivity contribution in [2.24, 2.45) is 0 Å². The average Bonchev–Trinajstić information content (AvgIpc) is 3.71. The van der Waals surface area contributed by atoms with Crippen LogP contribution in [-0.4, -0.2) is 16.2 Å². The second-order valence-corrected chi connectivity index (χ2v) is 16.9. The number of para-hydroxylation sites is 1. The first-order chi connectivity index (χ1) is 25.7. The molecule has 5 heteroatoms. The zero-order valence-electron chi connectivity index (χ0n) is 33.0. The van der Waals surface area contributed by atoms with Crippen molar-refractivity contribution in [1.82, 2.24) is 9.55 Å². The highest BCUT2D eigenvalue weighted by Gasteiger charge is 2.29. The third-order valence-electron chi connectivity index (χ3n) is 10.7. The lowest BCUT2D eigenvalue weighted by Gasteiger charge is -2.29. The Labute approximate surface area is 320 Å². The number of hydrogen-bond acceptors (Lipinski definition) is 4. The van der Waals surface area contributed by atoms with Crippen LogP contribution in [-0.2, 0) is 10.8 Å². The molecular weight excluding hydrogens is 661 g/mol. The summed E-state index contributed by atoms with van der Waals surface area (Å²) in [7, 11) is 0. The van der Waals surface area contributed by atoms with E-state index in [4.69, 9.17) is 9.72 Å². The van der Waals surface area contributed by atoms with E-state index in [1.54, 1.807) is 0 Å². The van der Waals surface area contributed by atoms with E-state index >= 15 is 0 Å². The van der Waals surface area contributed by atoms with Crippen molar-refractivity contribution >= 4 is 38.9 Å². The minimum atomic E-state index is -0.105. The van der Waals surface area contributed by atoms with E-state index in [0.29, 0.717) is 6.67 Å². The van der Waals surface area contributed by atoms with E-state index in [2.05, 4.69) is 198 Å². The summed E-state index contributed by atoms with van der Waals surface area (Å²) < 4.78 is 9.18. The minimum absolute atomic E-state index is 0.000130. The third-order valence-corrected chi connectivity index (χ3v) is 10.7. The van der Waals surface area contributed by atoms with E-state index in [0.717, 1.165) is 34.0 Å². The number of aryl methyl sites for hydroxylation is 3. The Morgan fingerprint density at radius 1 is 0.593 bits per heavy atom. The first-order valence-corrected chi connectivity index (χ1v) is 19.0. The van der Waals surface area contributed by atoms with Gasteiger partial charge < -0.3 is 14.5 Å². The quantitative estimate of drug-likeness (QED) is 0.172. The fourth-order valence-corrected chi connectivity index (χ4v) is 7.72. The molecule has 54 heavy (non-hydrogen) atoms. The van der Waals surface area contributed by atoms with Crippen LogP contribution in [0.15, 0.2) is 128 Å². The molecule has 0 aliphatic carbocycles. The van der Waals surface area contributed by atoms with Gasteiger partial charge in [-0.25, -0.2) is 4.98 Å². The number of anilines is 2. The summed E-state index contributed by atoms with van der Waals surface area (Å²) in [4.78, 5) is 9.68. The summed E-state index contributed by atoms with van der Waals surface area (Å²) in [5.74, 6) is 2.49. The molecule has 0 atom stereocenters. The van der Waals surface area contributed by atoms with Crippen LogP contribution in [0, 0.1) is 20.8 Å². The lowest BCUT2D eigenvalue weighted by atomic mass is 9.86. The van der Waals surface area contributed by atoms with Gasteiger partial charge in [-0.15, -0.1) is 0 Å². The number of aromatic nitrogens is 2. The molecule has 1 aliphatic heterocycles. The van der Waals surface area contributed by atoms with E-state index in [9.17, 15) is 0 Å². The SMILES string of the molecule is Cc1cccc(N2C=C(c3c(C)cccc3C)N(c3cc(Oc4ccc5c6ccccc6n(-c6cc(C(C)(C)C)ccn6)c5c4)cc(C(C)(C)C)c3)C2)c1. The second-order valence-electron chi connectivity index (χ2n) is 16.9. The van der Waals surface area contributed by atoms with Crippen LogP contribution < -0.4 is 14.5 Å². The Hall–Kier alpha value is -5.81.